The molecule has 0 amide bonds. The number of rotatable bonds is 0. The SMILES string of the molecule is C1C2C[C@@H]3CNC[C@@H]3C12. The standard InChI is InChI=1S/C8H13N/c1-5-2-7(5)8-4-9-3-6(1)8/h5-9H,1-4H2/t5?,6-,7?,8+/m1/s1. The lowest BCUT2D eigenvalue weighted by Gasteiger charge is -2.08. The van der Waals surface area contributed by atoms with Gasteiger partial charge in [-0.2, -0.15) is 0 Å². The van der Waals surface area contributed by atoms with Crippen molar-refractivity contribution in [1.29, 1.82) is 0 Å². The van der Waals surface area contributed by atoms with E-state index in [-0.39, 0.29) is 0 Å². The predicted molar refractivity (Wildman–Crippen MR) is 36.1 cm³/mol. The summed E-state index contributed by atoms with van der Waals surface area (Å²) in [6.07, 6.45) is 3.13. The highest BCUT2D eigenvalue weighted by molar-refractivity contribution is 5.05. The molecule has 0 radical (unpaired) electrons. The van der Waals surface area contributed by atoms with Crippen molar-refractivity contribution in [2.45, 2.75) is 12.8 Å². The second kappa shape index (κ2) is 1.34. The Hall–Kier alpha value is -0.0400. The summed E-state index contributed by atoms with van der Waals surface area (Å²) in [5.74, 6) is 4.55. The van der Waals surface area contributed by atoms with Crippen LogP contribution in [0.25, 0.3) is 0 Å². The van der Waals surface area contributed by atoms with Gasteiger partial charge in [0.25, 0.3) is 0 Å². The number of fused-ring (bicyclic) bond motifs is 3. The van der Waals surface area contributed by atoms with Crippen LogP contribution >= 0.6 is 0 Å². The van der Waals surface area contributed by atoms with Crippen LogP contribution in [0, 0.1) is 23.7 Å². The normalized spacial score (nSPS) is 61.3. The summed E-state index contributed by atoms with van der Waals surface area (Å²) in [6.45, 7) is 2.67. The highest BCUT2D eigenvalue weighted by Gasteiger charge is 2.54. The van der Waals surface area contributed by atoms with Crippen LogP contribution in [-0.4, -0.2) is 13.1 Å². The Balaban J connectivity index is 1.88. The quantitative estimate of drug-likeness (QED) is 0.504. The molecule has 1 saturated heterocycles. The number of hydrogen-bond donors (Lipinski definition) is 1. The van der Waals surface area contributed by atoms with Crippen LogP contribution in [0.2, 0.25) is 0 Å². The van der Waals surface area contributed by atoms with Crippen LogP contribution in [0.15, 0.2) is 0 Å². The van der Waals surface area contributed by atoms with Gasteiger partial charge in [0.1, 0.15) is 0 Å². The molecular weight excluding hydrogens is 110 g/mol. The molecule has 3 fully saturated rings. The largest absolute Gasteiger partial charge is 0.316 e. The molecule has 2 unspecified atom stereocenters. The first-order valence-electron chi connectivity index (χ1n) is 4.16. The lowest BCUT2D eigenvalue weighted by molar-refractivity contribution is 0.425. The maximum Gasteiger partial charge on any atom is -0.00145 e. The Morgan fingerprint density at radius 2 is 1.89 bits per heavy atom. The van der Waals surface area contributed by atoms with Crippen molar-refractivity contribution in [3.63, 3.8) is 0 Å². The van der Waals surface area contributed by atoms with Crippen molar-refractivity contribution in [1.82, 2.24) is 5.32 Å². The molecule has 1 N–H and O–H groups in total. The third-order valence-electron chi connectivity index (χ3n) is 3.52. The minimum Gasteiger partial charge on any atom is -0.316 e. The van der Waals surface area contributed by atoms with Gasteiger partial charge in [0.2, 0.25) is 0 Å². The van der Waals surface area contributed by atoms with E-state index in [1.165, 1.54) is 24.9 Å². The van der Waals surface area contributed by atoms with Crippen LogP contribution in [-0.2, 0) is 0 Å². The van der Waals surface area contributed by atoms with E-state index in [1.807, 2.05) is 0 Å². The van der Waals surface area contributed by atoms with Gasteiger partial charge in [0.15, 0.2) is 0 Å². The summed E-state index contributed by atoms with van der Waals surface area (Å²) in [7, 11) is 0. The fraction of sp³-hybridized carbons (Fsp3) is 1.00. The molecular formula is C8H13N. The van der Waals surface area contributed by atoms with Crippen LogP contribution < -0.4 is 5.32 Å². The van der Waals surface area contributed by atoms with Gasteiger partial charge < -0.3 is 5.32 Å². The second-order valence-corrected chi connectivity index (χ2v) is 3.98. The summed E-state index contributed by atoms with van der Waals surface area (Å²) in [6, 6.07) is 0. The summed E-state index contributed by atoms with van der Waals surface area (Å²) in [5, 5.41) is 3.48. The van der Waals surface area contributed by atoms with Gasteiger partial charge in [0, 0.05) is 0 Å². The molecule has 9 heavy (non-hydrogen) atoms. The van der Waals surface area contributed by atoms with Gasteiger partial charge in [-0.05, 0) is 49.6 Å². The highest BCUT2D eigenvalue weighted by Crippen LogP contribution is 2.58. The average molecular weight is 123 g/mol. The van der Waals surface area contributed by atoms with Crippen LogP contribution in [0.4, 0.5) is 0 Å². The van der Waals surface area contributed by atoms with Crippen molar-refractivity contribution in [3.05, 3.63) is 0 Å². The molecule has 3 rings (SSSR count). The molecule has 0 aromatic carbocycles. The maximum atomic E-state index is 3.48. The first kappa shape index (κ1) is 4.73. The van der Waals surface area contributed by atoms with E-state index in [1.54, 1.807) is 12.8 Å². The summed E-state index contributed by atoms with van der Waals surface area (Å²) in [5.41, 5.74) is 0. The molecule has 50 valence electrons. The van der Waals surface area contributed by atoms with E-state index in [0.717, 1.165) is 11.8 Å². The fourth-order valence-electron chi connectivity index (χ4n) is 2.97. The van der Waals surface area contributed by atoms with E-state index < -0.39 is 0 Å². The Morgan fingerprint density at radius 3 is 2.78 bits per heavy atom. The zero-order chi connectivity index (χ0) is 5.84. The monoisotopic (exact) mass is 123 g/mol. The van der Waals surface area contributed by atoms with Crippen molar-refractivity contribution in [2.75, 3.05) is 13.1 Å². The summed E-state index contributed by atoms with van der Waals surface area (Å²) < 4.78 is 0. The van der Waals surface area contributed by atoms with E-state index in [2.05, 4.69) is 5.32 Å². The van der Waals surface area contributed by atoms with Gasteiger partial charge in [-0.25, -0.2) is 0 Å². The van der Waals surface area contributed by atoms with E-state index in [9.17, 15) is 0 Å². The van der Waals surface area contributed by atoms with Crippen molar-refractivity contribution in [3.8, 4) is 0 Å². The third kappa shape index (κ3) is 0.493. The van der Waals surface area contributed by atoms with Gasteiger partial charge >= 0.3 is 0 Å². The van der Waals surface area contributed by atoms with Crippen LogP contribution in [0.5, 0.6) is 0 Å². The minimum atomic E-state index is 1.09. The molecule has 1 heterocycles. The van der Waals surface area contributed by atoms with Crippen molar-refractivity contribution >= 4 is 0 Å². The van der Waals surface area contributed by atoms with E-state index in [4.69, 9.17) is 0 Å². The van der Waals surface area contributed by atoms with Gasteiger partial charge in [-0.15, -0.1) is 0 Å². The Kier molecular flexibility index (Phi) is 0.704. The molecule has 1 heteroatoms. The molecule has 2 aliphatic carbocycles. The topological polar surface area (TPSA) is 12.0 Å². The van der Waals surface area contributed by atoms with Crippen LogP contribution in [0.1, 0.15) is 12.8 Å². The molecule has 0 bridgehead atoms. The summed E-state index contributed by atoms with van der Waals surface area (Å²) in [4.78, 5) is 0. The second-order valence-electron chi connectivity index (χ2n) is 3.98. The first-order valence-corrected chi connectivity index (χ1v) is 4.16. The lowest BCUT2D eigenvalue weighted by Crippen LogP contribution is -2.09. The Bertz CT molecular complexity index is 144. The molecule has 3 aliphatic rings. The predicted octanol–water partition coefficient (Wildman–Crippen LogP) is 0.862. The third-order valence-corrected chi connectivity index (χ3v) is 3.52. The molecule has 0 aromatic rings. The Labute approximate surface area is 55.8 Å². The van der Waals surface area contributed by atoms with Crippen molar-refractivity contribution < 1.29 is 0 Å². The summed E-state index contributed by atoms with van der Waals surface area (Å²) >= 11 is 0. The Morgan fingerprint density at radius 1 is 0.889 bits per heavy atom. The molecule has 0 spiro atoms. The molecule has 2 saturated carbocycles. The maximum absolute atomic E-state index is 3.48. The van der Waals surface area contributed by atoms with Gasteiger partial charge in [-0.1, -0.05) is 0 Å². The zero-order valence-electron chi connectivity index (χ0n) is 5.64. The van der Waals surface area contributed by atoms with Crippen molar-refractivity contribution in [2.24, 2.45) is 23.7 Å². The minimum absolute atomic E-state index is 1.09. The van der Waals surface area contributed by atoms with Crippen LogP contribution in [0.3, 0.4) is 0 Å². The first-order chi connectivity index (χ1) is 4.45. The number of hydrogen-bond acceptors (Lipinski definition) is 1. The average Bonchev–Trinajstić information content (AvgIpc) is 2.38. The van der Waals surface area contributed by atoms with E-state index >= 15 is 0 Å². The fourth-order valence-corrected chi connectivity index (χ4v) is 2.97. The zero-order valence-corrected chi connectivity index (χ0v) is 5.64. The smallest absolute Gasteiger partial charge is 0.00145 e. The molecule has 0 aromatic heterocycles. The molecule has 1 nitrogen and oxygen atoms in total. The highest BCUT2D eigenvalue weighted by atomic mass is 14.9. The van der Waals surface area contributed by atoms with Gasteiger partial charge in [0.05, 0.1) is 0 Å². The van der Waals surface area contributed by atoms with Gasteiger partial charge in [-0.3, -0.25) is 0 Å². The number of nitrogens with one attached hydrogen (secondary N) is 1. The van der Waals surface area contributed by atoms with E-state index in [0.29, 0.717) is 0 Å². The molecule has 4 atom stereocenters. The lowest BCUT2D eigenvalue weighted by atomic mass is 9.95. The molecule has 1 aliphatic heterocycles.